The maximum absolute atomic E-state index is 8.63. The van der Waals surface area contributed by atoms with Crippen molar-refractivity contribution in [1.82, 2.24) is 4.90 Å². The van der Waals surface area contributed by atoms with E-state index in [9.17, 15) is 0 Å². The minimum atomic E-state index is -4.92. The topological polar surface area (TPSA) is 80.7 Å². The van der Waals surface area contributed by atoms with Crippen molar-refractivity contribution in [2.45, 2.75) is 13.0 Å². The molecule has 6 heteroatoms. The molecule has 1 heterocycles. The van der Waals surface area contributed by atoms with Crippen LogP contribution in [-0.2, 0) is 23.4 Å². The molecule has 0 unspecified atom stereocenters. The molecule has 0 bridgehead atoms. The first kappa shape index (κ1) is 13.1. The zero-order chi connectivity index (χ0) is 12.2. The summed E-state index contributed by atoms with van der Waals surface area (Å²) in [5.74, 6) is 0. The number of fused-ring (bicyclic) bond motifs is 1. The summed E-state index contributed by atoms with van der Waals surface area (Å²) >= 11 is 0. The molecule has 5 nitrogen and oxygen atoms in total. The van der Waals surface area contributed by atoms with Crippen LogP contribution < -0.4 is 0 Å². The highest BCUT2D eigenvalue weighted by atomic mass is 32.3. The van der Waals surface area contributed by atoms with Crippen LogP contribution in [-0.4, -0.2) is 36.0 Å². The second-order valence-electron chi connectivity index (χ2n) is 3.68. The SMILES string of the molecule is CN1CCc2ccccc2C1.O=S(=O)([O-])O.[H+]. The Morgan fingerprint density at radius 3 is 2.44 bits per heavy atom. The van der Waals surface area contributed by atoms with Gasteiger partial charge in [-0.2, -0.15) is 0 Å². The summed E-state index contributed by atoms with van der Waals surface area (Å²) in [7, 11) is -2.74. The third-order valence-corrected chi connectivity index (χ3v) is 2.32. The molecule has 0 fully saturated rings. The lowest BCUT2D eigenvalue weighted by molar-refractivity contribution is 0.313. The second-order valence-corrected chi connectivity index (χ2v) is 4.54. The predicted octanol–water partition coefficient (Wildman–Crippen LogP) is 0.792. The van der Waals surface area contributed by atoms with E-state index in [0.717, 1.165) is 6.54 Å². The van der Waals surface area contributed by atoms with Gasteiger partial charge in [0.25, 0.3) is 0 Å². The standard InChI is InChI=1S/C10H13N.H2O4S/c1-11-7-6-9-4-2-3-5-10(9)8-11;1-5(2,3)4/h2-5H,6-8H2,1H3;(H2,1,2,3,4). The molecule has 0 saturated heterocycles. The molecule has 90 valence electrons. The molecule has 1 aromatic rings. The maximum atomic E-state index is 8.63. The molecular formula is C10H15NO4S. The van der Waals surface area contributed by atoms with Gasteiger partial charge in [0.2, 0.25) is 10.4 Å². The molecule has 1 N–H and O–H groups in total. The normalized spacial score (nSPS) is 15.9. The predicted molar refractivity (Wildman–Crippen MR) is 59.9 cm³/mol. The zero-order valence-electron chi connectivity index (χ0n) is 9.96. The number of hydrogen-bond donors (Lipinski definition) is 1. The molecule has 0 spiro atoms. The Balaban J connectivity index is 0.000000373. The van der Waals surface area contributed by atoms with Crippen molar-refractivity contribution in [3.8, 4) is 0 Å². The summed E-state index contributed by atoms with van der Waals surface area (Å²) in [5, 5.41) is 0. The number of likely N-dealkylation sites (N-methyl/N-ethyl adjacent to an activating group) is 1. The third kappa shape index (κ3) is 5.22. The summed E-state index contributed by atoms with van der Waals surface area (Å²) < 4.78 is 32.8. The van der Waals surface area contributed by atoms with Crippen molar-refractivity contribution in [1.29, 1.82) is 0 Å². The first-order chi connectivity index (χ1) is 7.36. The summed E-state index contributed by atoms with van der Waals surface area (Å²) in [6, 6.07) is 8.72. The van der Waals surface area contributed by atoms with Gasteiger partial charge in [-0.25, -0.2) is 8.42 Å². The molecule has 1 aromatic carbocycles. The zero-order valence-corrected chi connectivity index (χ0v) is 9.77. The minimum absolute atomic E-state index is 0. The maximum Gasteiger partial charge on any atom is 1.00 e. The number of nitrogens with zero attached hydrogens (tertiary/aromatic N) is 1. The van der Waals surface area contributed by atoms with E-state index in [1.807, 2.05) is 0 Å². The van der Waals surface area contributed by atoms with Crippen molar-refractivity contribution in [3.05, 3.63) is 35.4 Å². The van der Waals surface area contributed by atoms with Crippen LogP contribution in [0.2, 0.25) is 0 Å². The molecule has 1 aliphatic rings. The molecule has 0 amide bonds. The van der Waals surface area contributed by atoms with Crippen LogP contribution in [0.3, 0.4) is 0 Å². The highest BCUT2D eigenvalue weighted by Crippen LogP contribution is 2.16. The Bertz CT molecular complexity index is 441. The van der Waals surface area contributed by atoms with Crippen LogP contribution in [0.4, 0.5) is 0 Å². The Morgan fingerprint density at radius 2 is 1.88 bits per heavy atom. The van der Waals surface area contributed by atoms with E-state index in [0.29, 0.717) is 0 Å². The molecule has 0 aliphatic carbocycles. The molecule has 0 aromatic heterocycles. The van der Waals surface area contributed by atoms with Crippen LogP contribution >= 0.6 is 0 Å². The average Bonchev–Trinajstić information content (AvgIpc) is 2.15. The van der Waals surface area contributed by atoms with Crippen LogP contribution in [0.25, 0.3) is 0 Å². The van der Waals surface area contributed by atoms with Gasteiger partial charge < -0.3 is 9.45 Å². The first-order valence-electron chi connectivity index (χ1n) is 4.80. The van der Waals surface area contributed by atoms with Gasteiger partial charge in [-0.05, 0) is 24.6 Å². The summed E-state index contributed by atoms with van der Waals surface area (Å²) in [5.41, 5.74) is 3.03. The van der Waals surface area contributed by atoms with Gasteiger partial charge >= 0.3 is 1.43 Å². The molecule has 0 radical (unpaired) electrons. The van der Waals surface area contributed by atoms with E-state index in [4.69, 9.17) is 17.5 Å². The Labute approximate surface area is 96.8 Å². The number of benzene rings is 1. The molecule has 0 atom stereocenters. The van der Waals surface area contributed by atoms with Crippen molar-refractivity contribution in [2.75, 3.05) is 13.6 Å². The van der Waals surface area contributed by atoms with Crippen LogP contribution in [0.5, 0.6) is 0 Å². The Kier molecular flexibility index (Phi) is 4.43. The average molecular weight is 245 g/mol. The van der Waals surface area contributed by atoms with Gasteiger partial charge in [0.1, 0.15) is 0 Å². The van der Waals surface area contributed by atoms with Crippen molar-refractivity contribution >= 4 is 10.4 Å². The van der Waals surface area contributed by atoms with Crippen LogP contribution in [0, 0.1) is 0 Å². The van der Waals surface area contributed by atoms with Gasteiger partial charge in [0.05, 0.1) is 0 Å². The van der Waals surface area contributed by atoms with Gasteiger partial charge in [-0.15, -0.1) is 0 Å². The molecule has 16 heavy (non-hydrogen) atoms. The smallest absolute Gasteiger partial charge is 0.726 e. The van der Waals surface area contributed by atoms with Gasteiger partial charge in [-0.1, -0.05) is 24.3 Å². The third-order valence-electron chi connectivity index (χ3n) is 2.32. The van der Waals surface area contributed by atoms with Gasteiger partial charge in [0, 0.05) is 13.1 Å². The quantitative estimate of drug-likeness (QED) is 0.540. The van der Waals surface area contributed by atoms with E-state index in [2.05, 4.69) is 36.2 Å². The lowest BCUT2D eigenvalue weighted by Gasteiger charge is -2.24. The van der Waals surface area contributed by atoms with Crippen LogP contribution in [0.1, 0.15) is 12.6 Å². The highest BCUT2D eigenvalue weighted by molar-refractivity contribution is 7.79. The van der Waals surface area contributed by atoms with Gasteiger partial charge in [-0.3, -0.25) is 4.55 Å². The number of hydrogen-bond acceptors (Lipinski definition) is 4. The summed E-state index contributed by atoms with van der Waals surface area (Å²) in [4.78, 5) is 2.36. The van der Waals surface area contributed by atoms with E-state index in [1.54, 1.807) is 0 Å². The molecule has 0 saturated carbocycles. The second kappa shape index (κ2) is 5.40. The fourth-order valence-corrected chi connectivity index (χ4v) is 1.64. The lowest BCUT2D eigenvalue weighted by atomic mass is 10.0. The highest BCUT2D eigenvalue weighted by Gasteiger charge is 2.10. The lowest BCUT2D eigenvalue weighted by Crippen LogP contribution is -2.26. The summed E-state index contributed by atoms with van der Waals surface area (Å²) in [6.45, 7) is 2.33. The Morgan fingerprint density at radius 1 is 1.38 bits per heavy atom. The van der Waals surface area contributed by atoms with Crippen LogP contribution in [0.15, 0.2) is 24.3 Å². The van der Waals surface area contributed by atoms with Crippen molar-refractivity contribution in [2.24, 2.45) is 0 Å². The van der Waals surface area contributed by atoms with Gasteiger partial charge in [0.15, 0.2) is 0 Å². The first-order valence-corrected chi connectivity index (χ1v) is 6.16. The van der Waals surface area contributed by atoms with E-state index in [1.165, 1.54) is 24.1 Å². The fraction of sp³-hybridized carbons (Fsp3) is 0.400. The largest absolute Gasteiger partial charge is 1.00 e. The Hall–Kier alpha value is -0.950. The fourth-order valence-electron chi connectivity index (χ4n) is 1.64. The van der Waals surface area contributed by atoms with E-state index >= 15 is 0 Å². The monoisotopic (exact) mass is 245 g/mol. The summed E-state index contributed by atoms with van der Waals surface area (Å²) in [6.07, 6.45) is 1.21. The van der Waals surface area contributed by atoms with E-state index in [-0.39, 0.29) is 1.43 Å². The molecule has 2 rings (SSSR count). The number of rotatable bonds is 0. The van der Waals surface area contributed by atoms with Crippen molar-refractivity contribution < 1.29 is 18.9 Å². The molecule has 1 aliphatic heterocycles. The minimum Gasteiger partial charge on any atom is -0.726 e. The molecular weight excluding hydrogens is 230 g/mol. The van der Waals surface area contributed by atoms with E-state index < -0.39 is 10.4 Å². The van der Waals surface area contributed by atoms with Crippen molar-refractivity contribution in [3.63, 3.8) is 0 Å².